The van der Waals surface area contributed by atoms with Gasteiger partial charge in [-0.3, -0.25) is 4.57 Å². The van der Waals surface area contributed by atoms with Gasteiger partial charge in [0.05, 0.1) is 50.3 Å². The van der Waals surface area contributed by atoms with Crippen molar-refractivity contribution in [3.05, 3.63) is 182 Å². The van der Waals surface area contributed by atoms with Crippen molar-refractivity contribution < 1.29 is 0 Å². The summed E-state index contributed by atoms with van der Waals surface area (Å²) in [7, 11) is 31.4. The standard InChI is InChI=1S/C47H29B5N2/c48-46(49,47(50,51)52)45-53-41-21-11-12-22-42(41)54(45)36-25-23-32(24-26-36)43-37-17-7-9-19-39(37)44(40-20-10-8-18-38(40)43)35-28-33(30-13-3-1-4-14-30)27-34(29-35)31-15-5-2-6-16-31/h1-29H. The van der Waals surface area contributed by atoms with Gasteiger partial charge in [-0.1, -0.05) is 139 Å². The van der Waals surface area contributed by atoms with Crippen molar-refractivity contribution in [1.82, 2.24) is 9.55 Å². The zero-order chi connectivity index (χ0) is 37.0. The van der Waals surface area contributed by atoms with Gasteiger partial charge >= 0.3 is 0 Å². The molecule has 9 rings (SSSR count). The first-order chi connectivity index (χ1) is 26.2. The molecule has 0 N–H and O–H groups in total. The van der Waals surface area contributed by atoms with Crippen molar-refractivity contribution >= 4 is 71.8 Å². The van der Waals surface area contributed by atoms with Crippen LogP contribution in [0.5, 0.6) is 0 Å². The second-order valence-corrected chi connectivity index (χ2v) is 14.0. The van der Waals surface area contributed by atoms with E-state index in [0.717, 1.165) is 38.7 Å². The number of fused-ring (bicyclic) bond motifs is 3. The Kier molecular flexibility index (Phi) is 8.27. The minimum absolute atomic E-state index is 0.261. The summed E-state index contributed by atoms with van der Waals surface area (Å²) in [5.41, 5.74) is 11.5. The van der Waals surface area contributed by atoms with Gasteiger partial charge in [0.15, 0.2) is 0 Å². The molecule has 10 radical (unpaired) electrons. The molecule has 7 heteroatoms. The Balaban J connectivity index is 1.26. The molecule has 0 fully saturated rings. The molecule has 0 aliphatic rings. The van der Waals surface area contributed by atoms with E-state index >= 15 is 0 Å². The molecule has 9 aromatic rings. The lowest BCUT2D eigenvalue weighted by Crippen LogP contribution is -2.45. The number of aromatic nitrogens is 2. The molecule has 0 atom stereocenters. The Morgan fingerprint density at radius 2 is 0.815 bits per heavy atom. The van der Waals surface area contributed by atoms with E-state index in [9.17, 15) is 0 Å². The van der Waals surface area contributed by atoms with Crippen molar-refractivity contribution in [3.8, 4) is 50.2 Å². The molecule has 0 bridgehead atoms. The van der Waals surface area contributed by atoms with Crippen LogP contribution in [-0.2, 0) is 5.21 Å². The van der Waals surface area contributed by atoms with Crippen LogP contribution < -0.4 is 0 Å². The molecule has 2 nitrogen and oxygen atoms in total. The third-order valence-corrected chi connectivity index (χ3v) is 10.4. The number of para-hydroxylation sites is 2. The highest BCUT2D eigenvalue weighted by atomic mass is 15.1. The molecule has 0 amide bonds. The number of rotatable bonds is 7. The molecule has 8 aromatic carbocycles. The van der Waals surface area contributed by atoms with E-state index in [-0.39, 0.29) is 5.82 Å². The quantitative estimate of drug-likeness (QED) is 0.121. The van der Waals surface area contributed by atoms with E-state index in [1.165, 1.54) is 38.6 Å². The fourth-order valence-electron chi connectivity index (χ4n) is 7.65. The molecule has 1 aromatic heterocycles. The van der Waals surface area contributed by atoms with Gasteiger partial charge in [-0.15, -0.1) is 5.11 Å². The lowest BCUT2D eigenvalue weighted by atomic mass is 9.23. The maximum Gasteiger partial charge on any atom is 0.101 e. The van der Waals surface area contributed by atoms with E-state index in [0.29, 0.717) is 5.52 Å². The first-order valence-electron chi connectivity index (χ1n) is 17.9. The average molecular weight is 676 g/mol. The van der Waals surface area contributed by atoms with Gasteiger partial charge in [0.1, 0.15) is 5.82 Å². The molecule has 1 heterocycles. The fourth-order valence-corrected chi connectivity index (χ4v) is 7.65. The summed E-state index contributed by atoms with van der Waals surface area (Å²) in [5, 5.41) is 0.869. The Morgan fingerprint density at radius 1 is 0.389 bits per heavy atom. The third-order valence-electron chi connectivity index (χ3n) is 10.4. The van der Waals surface area contributed by atoms with Crippen molar-refractivity contribution in [2.45, 2.75) is 10.3 Å². The molecule has 0 aliphatic heterocycles. The Bertz CT molecular complexity index is 2710. The summed E-state index contributed by atoms with van der Waals surface area (Å²) < 4.78 is 1.88. The maximum atomic E-state index is 6.53. The first-order valence-corrected chi connectivity index (χ1v) is 17.9. The van der Waals surface area contributed by atoms with Crippen LogP contribution in [0.3, 0.4) is 0 Å². The highest BCUT2D eigenvalue weighted by Gasteiger charge is 2.36. The van der Waals surface area contributed by atoms with Gasteiger partial charge in [0.25, 0.3) is 0 Å². The number of benzene rings is 8. The minimum atomic E-state index is -1.94. The van der Waals surface area contributed by atoms with Crippen molar-refractivity contribution in [1.29, 1.82) is 0 Å². The van der Waals surface area contributed by atoms with E-state index in [1.54, 1.807) is 0 Å². The highest BCUT2D eigenvalue weighted by Crippen LogP contribution is 2.46. The van der Waals surface area contributed by atoms with Gasteiger partial charge in [-0.05, 0) is 109 Å². The van der Waals surface area contributed by atoms with Gasteiger partial charge in [-0.25, -0.2) is 4.98 Å². The van der Waals surface area contributed by atoms with Gasteiger partial charge in [-0.2, -0.15) is 0 Å². The summed E-state index contributed by atoms with van der Waals surface area (Å²) >= 11 is 0. The van der Waals surface area contributed by atoms with Crippen molar-refractivity contribution in [2.24, 2.45) is 0 Å². The largest absolute Gasteiger partial charge is 0.297 e. The minimum Gasteiger partial charge on any atom is -0.297 e. The van der Waals surface area contributed by atoms with E-state index in [1.807, 2.05) is 41.0 Å². The van der Waals surface area contributed by atoms with Gasteiger partial charge in [0.2, 0.25) is 0 Å². The summed E-state index contributed by atoms with van der Waals surface area (Å²) in [4.78, 5) is 4.75. The Morgan fingerprint density at radius 3 is 1.31 bits per heavy atom. The predicted octanol–water partition coefficient (Wildman–Crippen LogP) is 10.1. The lowest BCUT2D eigenvalue weighted by Gasteiger charge is -2.41. The summed E-state index contributed by atoms with van der Waals surface area (Å²) in [6.07, 6.45) is 0. The monoisotopic (exact) mass is 676 g/mol. The zero-order valence-corrected chi connectivity index (χ0v) is 29.5. The van der Waals surface area contributed by atoms with Crippen LogP contribution in [-0.4, -0.2) is 48.8 Å². The molecular weight excluding hydrogens is 647 g/mol. The van der Waals surface area contributed by atoms with Crippen LogP contribution in [0.15, 0.2) is 176 Å². The van der Waals surface area contributed by atoms with Crippen LogP contribution in [0.4, 0.5) is 0 Å². The van der Waals surface area contributed by atoms with Crippen LogP contribution >= 0.6 is 0 Å². The summed E-state index contributed by atoms with van der Waals surface area (Å²) in [6, 6.07) is 61.5. The SMILES string of the molecule is [B]C([B])([B])C([B])([B])c1nc2ccccc2n1-c1ccc(-c2c3ccccc3c(-c3cc(-c4ccccc4)cc(-c4ccccc4)c3)c3ccccc23)cc1. The lowest BCUT2D eigenvalue weighted by molar-refractivity contribution is 0.757. The van der Waals surface area contributed by atoms with E-state index < -0.39 is 10.3 Å². The summed E-state index contributed by atoms with van der Waals surface area (Å²) in [5.74, 6) is 0.261. The Hall–Kier alpha value is -5.93. The number of imidazole rings is 1. The van der Waals surface area contributed by atoms with Crippen LogP contribution in [0.2, 0.25) is 5.11 Å². The molecule has 54 heavy (non-hydrogen) atoms. The van der Waals surface area contributed by atoms with Crippen LogP contribution in [0, 0.1) is 0 Å². The van der Waals surface area contributed by atoms with E-state index in [2.05, 4.69) is 140 Å². The van der Waals surface area contributed by atoms with Crippen LogP contribution in [0.1, 0.15) is 5.82 Å². The maximum absolute atomic E-state index is 6.53. The number of nitrogens with zero attached hydrogens (tertiary/aromatic N) is 2. The third kappa shape index (κ3) is 5.71. The second-order valence-electron chi connectivity index (χ2n) is 14.0. The fraction of sp³-hybridized carbons (Fsp3) is 0.0426. The van der Waals surface area contributed by atoms with Gasteiger partial charge in [0, 0.05) is 5.69 Å². The van der Waals surface area contributed by atoms with Crippen molar-refractivity contribution in [2.75, 3.05) is 0 Å². The average Bonchev–Trinajstić information content (AvgIpc) is 3.61. The Labute approximate surface area is 322 Å². The predicted molar refractivity (Wildman–Crippen MR) is 231 cm³/mol. The smallest absolute Gasteiger partial charge is 0.101 e. The molecule has 0 saturated heterocycles. The van der Waals surface area contributed by atoms with Crippen molar-refractivity contribution in [3.63, 3.8) is 0 Å². The normalized spacial score (nSPS) is 12.1. The first kappa shape index (κ1) is 33.9. The molecule has 0 saturated carbocycles. The summed E-state index contributed by atoms with van der Waals surface area (Å²) in [6.45, 7) is 0. The zero-order valence-electron chi connectivity index (χ0n) is 29.5. The van der Waals surface area contributed by atoms with Crippen LogP contribution in [0.25, 0.3) is 82.8 Å². The topological polar surface area (TPSA) is 17.8 Å². The van der Waals surface area contributed by atoms with Gasteiger partial charge < -0.3 is 0 Å². The second kappa shape index (κ2) is 13.2. The molecule has 242 valence electrons. The number of hydrogen-bond donors (Lipinski definition) is 0. The molecule has 0 spiro atoms. The highest BCUT2D eigenvalue weighted by molar-refractivity contribution is 6.67. The number of hydrogen-bond acceptors (Lipinski definition) is 1. The molecule has 0 aliphatic carbocycles. The van der Waals surface area contributed by atoms with E-state index in [4.69, 9.17) is 44.2 Å². The molecular formula is C47H29B5N2. The molecule has 0 unspecified atom stereocenters.